The van der Waals surface area contributed by atoms with E-state index in [1.807, 2.05) is 6.92 Å². The van der Waals surface area contributed by atoms with Gasteiger partial charge in [0.15, 0.2) is 6.29 Å². The van der Waals surface area contributed by atoms with Crippen LogP contribution in [0.15, 0.2) is 12.3 Å². The van der Waals surface area contributed by atoms with Crippen molar-refractivity contribution in [3.63, 3.8) is 0 Å². The average molecular weight is 170 g/mol. The van der Waals surface area contributed by atoms with Gasteiger partial charge in [-0.3, -0.25) is 0 Å². The first-order valence-corrected chi connectivity index (χ1v) is 4.80. The van der Waals surface area contributed by atoms with E-state index in [-0.39, 0.29) is 6.29 Å². The highest BCUT2D eigenvalue weighted by atomic mass is 16.7. The molecule has 2 atom stereocenters. The summed E-state index contributed by atoms with van der Waals surface area (Å²) < 4.78 is 10.7. The summed E-state index contributed by atoms with van der Waals surface area (Å²) in [6.45, 7) is 4.94. The Morgan fingerprint density at radius 2 is 2.33 bits per heavy atom. The number of ether oxygens (including phenoxy) is 2. The lowest BCUT2D eigenvalue weighted by molar-refractivity contribution is -0.119. The molecule has 0 saturated carbocycles. The van der Waals surface area contributed by atoms with Crippen LogP contribution in [0.3, 0.4) is 0 Å². The number of rotatable bonds is 4. The lowest BCUT2D eigenvalue weighted by Crippen LogP contribution is -2.21. The van der Waals surface area contributed by atoms with Gasteiger partial charge in [0.05, 0.1) is 6.26 Å². The second kappa shape index (κ2) is 5.20. The summed E-state index contributed by atoms with van der Waals surface area (Å²) in [6, 6.07) is 0. The molecule has 0 amide bonds. The van der Waals surface area contributed by atoms with Gasteiger partial charge in [-0.05, 0) is 25.3 Å². The van der Waals surface area contributed by atoms with Gasteiger partial charge in [-0.25, -0.2) is 0 Å². The van der Waals surface area contributed by atoms with Crippen LogP contribution < -0.4 is 0 Å². The Hall–Kier alpha value is -0.500. The largest absolute Gasteiger partial charge is 0.473 e. The molecule has 1 aliphatic rings. The molecule has 0 fully saturated rings. The Labute approximate surface area is 74.6 Å². The van der Waals surface area contributed by atoms with Crippen LogP contribution in [0, 0.1) is 5.92 Å². The second-order valence-corrected chi connectivity index (χ2v) is 3.13. The van der Waals surface area contributed by atoms with E-state index >= 15 is 0 Å². The normalized spacial score (nSPS) is 28.5. The van der Waals surface area contributed by atoms with Crippen LogP contribution in [0.1, 0.15) is 33.1 Å². The first kappa shape index (κ1) is 9.59. The zero-order chi connectivity index (χ0) is 8.81. The highest BCUT2D eigenvalue weighted by Gasteiger charge is 2.17. The van der Waals surface area contributed by atoms with Gasteiger partial charge >= 0.3 is 0 Å². The van der Waals surface area contributed by atoms with Gasteiger partial charge in [-0.1, -0.05) is 13.3 Å². The van der Waals surface area contributed by atoms with Crippen molar-refractivity contribution in [2.75, 3.05) is 6.61 Å². The molecule has 0 aromatic rings. The fourth-order valence-electron chi connectivity index (χ4n) is 1.50. The van der Waals surface area contributed by atoms with E-state index in [9.17, 15) is 0 Å². The molecule has 0 radical (unpaired) electrons. The number of hydrogen-bond acceptors (Lipinski definition) is 2. The summed E-state index contributed by atoms with van der Waals surface area (Å²) in [6.07, 6.45) is 7.40. The van der Waals surface area contributed by atoms with Gasteiger partial charge in [0.2, 0.25) is 0 Å². The van der Waals surface area contributed by atoms with Gasteiger partial charge in [0.1, 0.15) is 0 Å². The minimum absolute atomic E-state index is 0.00319. The highest BCUT2D eigenvalue weighted by Crippen LogP contribution is 2.22. The maximum atomic E-state index is 5.39. The standard InChI is InChI=1S/C10H18O2/c1-3-5-9-6-7-12-10(8-9)11-4-2/h6-7,9-10H,3-5,8H2,1-2H3/t9-,10+/m1/s1. The smallest absolute Gasteiger partial charge is 0.199 e. The minimum Gasteiger partial charge on any atom is -0.473 e. The quantitative estimate of drug-likeness (QED) is 0.645. The zero-order valence-electron chi connectivity index (χ0n) is 7.95. The molecule has 0 bridgehead atoms. The van der Waals surface area contributed by atoms with Crippen molar-refractivity contribution in [1.82, 2.24) is 0 Å². The Morgan fingerprint density at radius 1 is 1.50 bits per heavy atom. The van der Waals surface area contributed by atoms with Crippen molar-refractivity contribution < 1.29 is 9.47 Å². The molecule has 0 spiro atoms. The van der Waals surface area contributed by atoms with Crippen LogP contribution >= 0.6 is 0 Å². The third-order valence-corrected chi connectivity index (χ3v) is 2.09. The number of hydrogen-bond donors (Lipinski definition) is 0. The lowest BCUT2D eigenvalue weighted by Gasteiger charge is -2.24. The minimum atomic E-state index is -0.00319. The maximum Gasteiger partial charge on any atom is 0.199 e. The molecule has 0 N–H and O–H groups in total. The van der Waals surface area contributed by atoms with Crippen LogP contribution in [-0.4, -0.2) is 12.9 Å². The Kier molecular flexibility index (Phi) is 4.15. The van der Waals surface area contributed by atoms with Gasteiger partial charge in [-0.15, -0.1) is 0 Å². The Morgan fingerprint density at radius 3 is 3.00 bits per heavy atom. The molecule has 0 unspecified atom stereocenters. The molecule has 70 valence electrons. The van der Waals surface area contributed by atoms with E-state index in [0.717, 1.165) is 13.0 Å². The maximum absolute atomic E-state index is 5.39. The van der Waals surface area contributed by atoms with Crippen molar-refractivity contribution in [2.24, 2.45) is 5.92 Å². The predicted octanol–water partition coefficient (Wildman–Crippen LogP) is 2.70. The molecule has 2 heteroatoms. The van der Waals surface area contributed by atoms with Gasteiger partial charge < -0.3 is 9.47 Å². The van der Waals surface area contributed by atoms with E-state index in [4.69, 9.17) is 9.47 Å². The van der Waals surface area contributed by atoms with Crippen LogP contribution in [0.5, 0.6) is 0 Å². The summed E-state index contributed by atoms with van der Waals surface area (Å²) in [4.78, 5) is 0. The molecule has 1 heterocycles. The molecule has 0 aliphatic carbocycles. The van der Waals surface area contributed by atoms with E-state index in [0.29, 0.717) is 5.92 Å². The van der Waals surface area contributed by atoms with Crippen molar-refractivity contribution in [2.45, 2.75) is 39.4 Å². The molecular weight excluding hydrogens is 152 g/mol. The molecule has 1 rings (SSSR count). The zero-order valence-corrected chi connectivity index (χ0v) is 7.95. The van der Waals surface area contributed by atoms with Crippen molar-refractivity contribution >= 4 is 0 Å². The molecule has 1 aliphatic heterocycles. The monoisotopic (exact) mass is 170 g/mol. The van der Waals surface area contributed by atoms with Crippen LogP contribution in [0.25, 0.3) is 0 Å². The summed E-state index contributed by atoms with van der Waals surface area (Å²) in [5.41, 5.74) is 0. The molecule has 12 heavy (non-hydrogen) atoms. The summed E-state index contributed by atoms with van der Waals surface area (Å²) in [5, 5.41) is 0. The topological polar surface area (TPSA) is 18.5 Å². The molecular formula is C10H18O2. The lowest BCUT2D eigenvalue weighted by atomic mass is 9.98. The first-order valence-electron chi connectivity index (χ1n) is 4.80. The molecule has 2 nitrogen and oxygen atoms in total. The van der Waals surface area contributed by atoms with E-state index in [2.05, 4.69) is 13.0 Å². The van der Waals surface area contributed by atoms with Crippen LogP contribution in [0.4, 0.5) is 0 Å². The highest BCUT2D eigenvalue weighted by molar-refractivity contribution is 4.87. The SMILES string of the molecule is CCC[C@@H]1C=CO[C@H](OCC)C1. The fraction of sp³-hybridized carbons (Fsp3) is 0.800. The summed E-state index contributed by atoms with van der Waals surface area (Å²) in [5.74, 6) is 0.653. The third-order valence-electron chi connectivity index (χ3n) is 2.09. The Balaban J connectivity index is 2.29. The van der Waals surface area contributed by atoms with Gasteiger partial charge in [0.25, 0.3) is 0 Å². The fourth-order valence-corrected chi connectivity index (χ4v) is 1.50. The molecule has 0 saturated heterocycles. The molecule has 0 aromatic heterocycles. The van der Waals surface area contributed by atoms with E-state index < -0.39 is 0 Å². The molecule has 0 aromatic carbocycles. The van der Waals surface area contributed by atoms with Gasteiger partial charge in [-0.2, -0.15) is 0 Å². The van der Waals surface area contributed by atoms with Crippen LogP contribution in [-0.2, 0) is 9.47 Å². The number of allylic oxidation sites excluding steroid dienone is 1. The van der Waals surface area contributed by atoms with Crippen LogP contribution in [0.2, 0.25) is 0 Å². The third kappa shape index (κ3) is 2.86. The van der Waals surface area contributed by atoms with Crippen molar-refractivity contribution in [3.05, 3.63) is 12.3 Å². The van der Waals surface area contributed by atoms with E-state index in [1.165, 1.54) is 12.8 Å². The first-order chi connectivity index (χ1) is 5.86. The summed E-state index contributed by atoms with van der Waals surface area (Å²) in [7, 11) is 0. The average Bonchev–Trinajstić information content (AvgIpc) is 2.06. The predicted molar refractivity (Wildman–Crippen MR) is 48.7 cm³/mol. The van der Waals surface area contributed by atoms with Gasteiger partial charge in [0, 0.05) is 13.0 Å². The van der Waals surface area contributed by atoms with E-state index in [1.54, 1.807) is 6.26 Å². The second-order valence-electron chi connectivity index (χ2n) is 3.13. The Bertz CT molecular complexity index is 143. The summed E-state index contributed by atoms with van der Waals surface area (Å²) >= 11 is 0. The van der Waals surface area contributed by atoms with Crippen molar-refractivity contribution in [3.8, 4) is 0 Å². The van der Waals surface area contributed by atoms with Crippen molar-refractivity contribution in [1.29, 1.82) is 0 Å².